The first-order valence-electron chi connectivity index (χ1n) is 7.13. The maximum atomic E-state index is 12.2. The van der Waals surface area contributed by atoms with Crippen LogP contribution in [0.4, 0.5) is 8.78 Å². The van der Waals surface area contributed by atoms with Crippen LogP contribution in [0.3, 0.4) is 0 Å². The highest BCUT2D eigenvalue weighted by molar-refractivity contribution is 5.28. The number of halogens is 2. The average molecular weight is 309 g/mol. The molecule has 6 heteroatoms. The predicted octanol–water partition coefficient (Wildman–Crippen LogP) is 3.53. The Morgan fingerprint density at radius 1 is 1.23 bits per heavy atom. The number of alkyl halides is 2. The van der Waals surface area contributed by atoms with Crippen LogP contribution >= 0.6 is 0 Å². The van der Waals surface area contributed by atoms with Crippen LogP contribution in [0.2, 0.25) is 0 Å². The molecule has 0 amide bonds. The Morgan fingerprint density at radius 2 is 1.95 bits per heavy atom. The van der Waals surface area contributed by atoms with Crippen molar-refractivity contribution in [3.05, 3.63) is 47.8 Å². The Balaban J connectivity index is 1.87. The molecule has 1 aromatic heterocycles. The standard InChI is InChI=1S/C16H21F2N3O/c1-16(2,3)21-11-13(10-20-21)9-19-8-12-5-4-6-14(7-12)22-15(17)18/h4-7,10-11,15,19H,8-9H2,1-3H3. The van der Waals surface area contributed by atoms with E-state index in [2.05, 4.69) is 35.9 Å². The Hall–Kier alpha value is -1.95. The maximum Gasteiger partial charge on any atom is 0.387 e. The first-order chi connectivity index (χ1) is 10.3. The molecule has 0 aliphatic heterocycles. The molecule has 0 bridgehead atoms. The van der Waals surface area contributed by atoms with Crippen molar-refractivity contribution in [2.75, 3.05) is 0 Å². The summed E-state index contributed by atoms with van der Waals surface area (Å²) in [6.07, 6.45) is 3.83. The lowest BCUT2D eigenvalue weighted by molar-refractivity contribution is -0.0498. The zero-order valence-electron chi connectivity index (χ0n) is 13.0. The van der Waals surface area contributed by atoms with E-state index in [1.165, 1.54) is 6.07 Å². The molecule has 0 spiro atoms. The van der Waals surface area contributed by atoms with E-state index in [1.54, 1.807) is 12.1 Å². The molecule has 4 nitrogen and oxygen atoms in total. The number of ether oxygens (including phenoxy) is 1. The van der Waals surface area contributed by atoms with E-state index >= 15 is 0 Å². The van der Waals surface area contributed by atoms with Gasteiger partial charge in [-0.25, -0.2) is 0 Å². The quantitative estimate of drug-likeness (QED) is 0.887. The molecule has 120 valence electrons. The fraction of sp³-hybridized carbons (Fsp3) is 0.438. The number of hydrogen-bond acceptors (Lipinski definition) is 3. The smallest absolute Gasteiger partial charge is 0.387 e. The van der Waals surface area contributed by atoms with Crippen molar-refractivity contribution in [3.63, 3.8) is 0 Å². The van der Waals surface area contributed by atoms with E-state index < -0.39 is 6.61 Å². The van der Waals surface area contributed by atoms with Gasteiger partial charge in [-0.15, -0.1) is 0 Å². The van der Waals surface area contributed by atoms with Gasteiger partial charge in [0.2, 0.25) is 0 Å². The molecule has 0 atom stereocenters. The van der Waals surface area contributed by atoms with E-state index in [9.17, 15) is 8.78 Å². The molecule has 1 N–H and O–H groups in total. The molecule has 0 saturated carbocycles. The molecule has 22 heavy (non-hydrogen) atoms. The van der Waals surface area contributed by atoms with Gasteiger partial charge in [0, 0.05) is 24.8 Å². The predicted molar refractivity (Wildman–Crippen MR) is 80.8 cm³/mol. The molecule has 0 aliphatic rings. The van der Waals surface area contributed by atoms with E-state index in [1.807, 2.05) is 23.1 Å². The highest BCUT2D eigenvalue weighted by Gasteiger charge is 2.13. The molecule has 0 unspecified atom stereocenters. The van der Waals surface area contributed by atoms with Crippen LogP contribution < -0.4 is 10.1 Å². The summed E-state index contributed by atoms with van der Waals surface area (Å²) >= 11 is 0. The Bertz CT molecular complexity index is 605. The van der Waals surface area contributed by atoms with Gasteiger partial charge in [0.05, 0.1) is 11.7 Å². The van der Waals surface area contributed by atoms with Crippen LogP contribution in [0.15, 0.2) is 36.7 Å². The van der Waals surface area contributed by atoms with Gasteiger partial charge in [-0.3, -0.25) is 4.68 Å². The topological polar surface area (TPSA) is 39.1 Å². The van der Waals surface area contributed by atoms with Crippen molar-refractivity contribution in [2.45, 2.75) is 46.0 Å². The highest BCUT2D eigenvalue weighted by atomic mass is 19.3. The zero-order valence-corrected chi connectivity index (χ0v) is 13.0. The van der Waals surface area contributed by atoms with Crippen LogP contribution in [-0.4, -0.2) is 16.4 Å². The number of aromatic nitrogens is 2. The molecule has 1 aromatic carbocycles. The third-order valence-electron chi connectivity index (χ3n) is 3.11. The van der Waals surface area contributed by atoms with E-state index in [4.69, 9.17) is 0 Å². The highest BCUT2D eigenvalue weighted by Crippen LogP contribution is 2.16. The Morgan fingerprint density at radius 3 is 2.59 bits per heavy atom. The molecule has 2 rings (SSSR count). The second-order valence-corrected chi connectivity index (χ2v) is 6.09. The second kappa shape index (κ2) is 6.87. The van der Waals surface area contributed by atoms with Gasteiger partial charge < -0.3 is 10.1 Å². The van der Waals surface area contributed by atoms with Crippen molar-refractivity contribution < 1.29 is 13.5 Å². The number of nitrogens with one attached hydrogen (secondary N) is 1. The first kappa shape index (κ1) is 16.4. The fourth-order valence-corrected chi connectivity index (χ4v) is 2.00. The molecular weight excluding hydrogens is 288 g/mol. The van der Waals surface area contributed by atoms with E-state index in [-0.39, 0.29) is 11.3 Å². The largest absolute Gasteiger partial charge is 0.435 e. The molecule has 1 heterocycles. The van der Waals surface area contributed by atoms with Crippen molar-refractivity contribution in [1.29, 1.82) is 0 Å². The molecule has 0 fully saturated rings. The number of benzene rings is 1. The minimum Gasteiger partial charge on any atom is -0.435 e. The number of nitrogens with zero attached hydrogens (tertiary/aromatic N) is 2. The third kappa shape index (κ3) is 4.80. The van der Waals surface area contributed by atoms with Gasteiger partial charge in [-0.1, -0.05) is 12.1 Å². The van der Waals surface area contributed by atoms with Gasteiger partial charge >= 0.3 is 6.61 Å². The lowest BCUT2D eigenvalue weighted by atomic mass is 10.1. The van der Waals surface area contributed by atoms with Crippen molar-refractivity contribution in [1.82, 2.24) is 15.1 Å². The SMILES string of the molecule is CC(C)(C)n1cc(CNCc2cccc(OC(F)F)c2)cn1. The second-order valence-electron chi connectivity index (χ2n) is 6.09. The van der Waals surface area contributed by atoms with Crippen molar-refractivity contribution in [2.24, 2.45) is 0 Å². The molecule has 0 radical (unpaired) electrons. The van der Waals surface area contributed by atoms with Crippen LogP contribution in [0.5, 0.6) is 5.75 Å². The Kier molecular flexibility index (Phi) is 5.13. The van der Waals surface area contributed by atoms with Crippen molar-refractivity contribution in [3.8, 4) is 5.75 Å². The lowest BCUT2D eigenvalue weighted by Gasteiger charge is -2.18. The van der Waals surface area contributed by atoms with Gasteiger partial charge in [0.15, 0.2) is 0 Å². The normalized spacial score (nSPS) is 11.9. The summed E-state index contributed by atoms with van der Waals surface area (Å²) in [7, 11) is 0. The van der Waals surface area contributed by atoms with Gasteiger partial charge in [-0.2, -0.15) is 13.9 Å². The Labute approximate surface area is 129 Å². The van der Waals surface area contributed by atoms with Gasteiger partial charge in [0.1, 0.15) is 5.75 Å². The van der Waals surface area contributed by atoms with Crippen LogP contribution in [0, 0.1) is 0 Å². The van der Waals surface area contributed by atoms with Crippen LogP contribution in [0.1, 0.15) is 31.9 Å². The summed E-state index contributed by atoms with van der Waals surface area (Å²) in [6, 6.07) is 6.69. The van der Waals surface area contributed by atoms with E-state index in [0.29, 0.717) is 13.1 Å². The minimum atomic E-state index is -2.80. The number of rotatable bonds is 6. The minimum absolute atomic E-state index is 0.0425. The van der Waals surface area contributed by atoms with Crippen LogP contribution in [0.25, 0.3) is 0 Å². The first-order valence-corrected chi connectivity index (χ1v) is 7.13. The van der Waals surface area contributed by atoms with Crippen molar-refractivity contribution >= 4 is 0 Å². The summed E-state index contributed by atoms with van der Waals surface area (Å²) in [5.74, 6) is 0.176. The van der Waals surface area contributed by atoms with Gasteiger partial charge in [-0.05, 0) is 38.5 Å². The number of hydrogen-bond donors (Lipinski definition) is 1. The average Bonchev–Trinajstić information content (AvgIpc) is 2.87. The lowest BCUT2D eigenvalue weighted by Crippen LogP contribution is -2.22. The monoisotopic (exact) mass is 309 g/mol. The molecular formula is C16H21F2N3O. The summed E-state index contributed by atoms with van der Waals surface area (Å²) in [5, 5.41) is 7.60. The van der Waals surface area contributed by atoms with Crippen LogP contribution in [-0.2, 0) is 18.6 Å². The summed E-state index contributed by atoms with van der Waals surface area (Å²) in [6.45, 7) is 4.70. The molecule has 0 aliphatic carbocycles. The summed E-state index contributed by atoms with van der Waals surface area (Å²) < 4.78 is 30.7. The van der Waals surface area contributed by atoms with Gasteiger partial charge in [0.25, 0.3) is 0 Å². The zero-order chi connectivity index (χ0) is 16.2. The summed E-state index contributed by atoms with van der Waals surface area (Å²) in [5.41, 5.74) is 1.93. The molecule has 0 saturated heterocycles. The summed E-state index contributed by atoms with van der Waals surface area (Å²) in [4.78, 5) is 0. The molecule has 2 aromatic rings. The third-order valence-corrected chi connectivity index (χ3v) is 3.11. The maximum absolute atomic E-state index is 12.2. The van der Waals surface area contributed by atoms with E-state index in [0.717, 1.165) is 11.1 Å². The fourth-order valence-electron chi connectivity index (χ4n) is 2.00.